The van der Waals surface area contributed by atoms with Gasteiger partial charge in [-0.3, -0.25) is 19.8 Å². The van der Waals surface area contributed by atoms with E-state index in [0.29, 0.717) is 23.5 Å². The van der Waals surface area contributed by atoms with Gasteiger partial charge in [-0.05, 0) is 6.07 Å². The molecule has 1 saturated heterocycles. The second-order valence-electron chi connectivity index (χ2n) is 6.12. The lowest BCUT2D eigenvalue weighted by Gasteiger charge is -2.36. The molecule has 2 aliphatic heterocycles. The van der Waals surface area contributed by atoms with Crippen molar-refractivity contribution in [3.63, 3.8) is 0 Å². The highest BCUT2D eigenvalue weighted by atomic mass is 35.5. The number of nitrogens with one attached hydrogen (secondary N) is 3. The second-order valence-corrected chi connectivity index (χ2v) is 6.53. The van der Waals surface area contributed by atoms with Gasteiger partial charge < -0.3 is 15.4 Å². The van der Waals surface area contributed by atoms with Crippen LogP contribution in [0.4, 0.5) is 5.69 Å². The lowest BCUT2D eigenvalue weighted by molar-refractivity contribution is -0.114. The molecule has 7 nitrogen and oxygen atoms in total. The minimum absolute atomic E-state index is 0.0119. The fourth-order valence-corrected chi connectivity index (χ4v) is 3.31. The Hall–Kier alpha value is -2.09. The summed E-state index contributed by atoms with van der Waals surface area (Å²) in [5.74, 6) is -0.149. The van der Waals surface area contributed by atoms with E-state index in [-0.39, 0.29) is 29.0 Å². The van der Waals surface area contributed by atoms with Crippen molar-refractivity contribution in [3.8, 4) is 5.75 Å². The van der Waals surface area contributed by atoms with Crippen molar-refractivity contribution >= 4 is 29.1 Å². The van der Waals surface area contributed by atoms with E-state index in [1.54, 1.807) is 6.07 Å². The Bertz CT molecular complexity index is 722. The molecule has 1 aromatic carbocycles. The van der Waals surface area contributed by atoms with Gasteiger partial charge in [-0.25, -0.2) is 0 Å². The number of carbonyl (C=O) groups excluding carboxylic acids is 2. The molecule has 8 heteroatoms. The average molecular weight is 365 g/mol. The van der Waals surface area contributed by atoms with E-state index in [9.17, 15) is 9.59 Å². The van der Waals surface area contributed by atoms with Gasteiger partial charge in [0.05, 0.1) is 35.6 Å². The zero-order valence-electron chi connectivity index (χ0n) is 14.1. The Morgan fingerprint density at radius 1 is 1.40 bits per heavy atom. The van der Waals surface area contributed by atoms with Crippen molar-refractivity contribution in [1.29, 1.82) is 0 Å². The molecule has 0 radical (unpaired) electrons. The predicted molar refractivity (Wildman–Crippen MR) is 96.1 cm³/mol. The molecule has 0 spiro atoms. The topological polar surface area (TPSA) is 82.7 Å². The van der Waals surface area contributed by atoms with E-state index in [1.807, 2.05) is 0 Å². The summed E-state index contributed by atoms with van der Waals surface area (Å²) in [4.78, 5) is 26.2. The Kier molecular flexibility index (Phi) is 5.27. The number of ether oxygens (including phenoxy) is 1. The minimum Gasteiger partial charge on any atom is -0.496 e. The number of rotatable bonds is 4. The molecule has 2 atom stereocenters. The minimum atomic E-state index is -0.259. The number of fused-ring (bicyclic) bond motifs is 1. The monoisotopic (exact) mass is 364 g/mol. The quantitative estimate of drug-likeness (QED) is 0.699. The van der Waals surface area contributed by atoms with Crippen LogP contribution in [0.2, 0.25) is 5.02 Å². The van der Waals surface area contributed by atoms with Crippen molar-refractivity contribution < 1.29 is 14.3 Å². The van der Waals surface area contributed by atoms with Gasteiger partial charge in [-0.2, -0.15) is 0 Å². The van der Waals surface area contributed by atoms with E-state index >= 15 is 0 Å². The van der Waals surface area contributed by atoms with Crippen LogP contribution < -0.4 is 20.7 Å². The molecule has 2 unspecified atom stereocenters. The Morgan fingerprint density at radius 2 is 2.20 bits per heavy atom. The number of carbonyl (C=O) groups is 2. The lowest BCUT2D eigenvalue weighted by atomic mass is 10.1. The summed E-state index contributed by atoms with van der Waals surface area (Å²) in [7, 11) is 1.47. The molecule has 3 N–H and O–H groups in total. The fourth-order valence-electron chi connectivity index (χ4n) is 3.10. The summed E-state index contributed by atoms with van der Waals surface area (Å²) in [5, 5.41) is 9.29. The van der Waals surface area contributed by atoms with Crippen LogP contribution >= 0.6 is 11.6 Å². The van der Waals surface area contributed by atoms with Crippen LogP contribution in [0.3, 0.4) is 0 Å². The van der Waals surface area contributed by atoms with Crippen LogP contribution in [0, 0.1) is 0 Å². The molecule has 1 aromatic rings. The number of nitrogens with zero attached hydrogens (tertiary/aromatic N) is 1. The Morgan fingerprint density at radius 3 is 2.92 bits per heavy atom. The van der Waals surface area contributed by atoms with Gasteiger partial charge >= 0.3 is 0 Å². The average Bonchev–Trinajstić information content (AvgIpc) is 3.03. The number of halogens is 1. The van der Waals surface area contributed by atoms with Crippen LogP contribution in [-0.2, 0) is 4.79 Å². The highest BCUT2D eigenvalue weighted by Gasteiger charge is 2.29. The molecule has 0 aliphatic carbocycles. The molecule has 0 saturated carbocycles. The maximum atomic E-state index is 12.7. The molecular weight excluding hydrogens is 344 g/mol. The van der Waals surface area contributed by atoms with Gasteiger partial charge in [-0.1, -0.05) is 23.8 Å². The summed E-state index contributed by atoms with van der Waals surface area (Å²) in [6, 6.07) is 3.05. The summed E-state index contributed by atoms with van der Waals surface area (Å²) >= 11 is 6.18. The van der Waals surface area contributed by atoms with E-state index in [4.69, 9.17) is 16.3 Å². The third kappa shape index (κ3) is 3.95. The summed E-state index contributed by atoms with van der Waals surface area (Å²) in [6.45, 7) is 3.73. The van der Waals surface area contributed by atoms with Gasteiger partial charge in [0.15, 0.2) is 0 Å². The maximum absolute atomic E-state index is 12.7. The van der Waals surface area contributed by atoms with Crippen molar-refractivity contribution in [1.82, 2.24) is 15.5 Å². The van der Waals surface area contributed by atoms with E-state index < -0.39 is 0 Å². The zero-order valence-corrected chi connectivity index (χ0v) is 14.9. The second kappa shape index (κ2) is 7.43. The molecule has 2 aliphatic rings. The van der Waals surface area contributed by atoms with E-state index in [0.717, 1.165) is 13.1 Å². The van der Waals surface area contributed by atoms with Crippen LogP contribution in [0.1, 0.15) is 17.3 Å². The van der Waals surface area contributed by atoms with Crippen LogP contribution in [-0.4, -0.2) is 55.7 Å². The Labute approximate surface area is 151 Å². The third-order valence-electron chi connectivity index (χ3n) is 4.26. The van der Waals surface area contributed by atoms with Crippen LogP contribution in [0.15, 0.2) is 24.3 Å². The maximum Gasteiger partial charge on any atom is 0.255 e. The molecule has 1 fully saturated rings. The third-order valence-corrected chi connectivity index (χ3v) is 4.57. The van der Waals surface area contributed by atoms with Crippen molar-refractivity contribution in [2.75, 3.05) is 32.1 Å². The van der Waals surface area contributed by atoms with Crippen molar-refractivity contribution in [2.24, 2.45) is 0 Å². The normalized spacial score (nSPS) is 22.4. The van der Waals surface area contributed by atoms with Gasteiger partial charge in [0.25, 0.3) is 5.91 Å². The number of hydrogen-bond donors (Lipinski definition) is 3. The van der Waals surface area contributed by atoms with Crippen molar-refractivity contribution in [2.45, 2.75) is 19.1 Å². The number of anilines is 1. The van der Waals surface area contributed by atoms with Gasteiger partial charge in [-0.15, -0.1) is 0 Å². The SMILES string of the molecule is COc1cc(NC(C)=O)c(Cl)cc1C(=O)NC1CNC2C=CCN2C1. The first kappa shape index (κ1) is 17.7. The summed E-state index contributed by atoms with van der Waals surface area (Å²) in [5.41, 5.74) is 0.746. The van der Waals surface area contributed by atoms with Gasteiger partial charge in [0.1, 0.15) is 5.75 Å². The molecule has 3 rings (SSSR count). The number of amides is 2. The molecule has 134 valence electrons. The summed E-state index contributed by atoms with van der Waals surface area (Å²) in [6.07, 6.45) is 4.50. The first-order valence-electron chi connectivity index (χ1n) is 8.08. The van der Waals surface area contributed by atoms with Gasteiger partial charge in [0.2, 0.25) is 5.91 Å². The molecule has 2 amide bonds. The first-order chi connectivity index (χ1) is 12.0. The van der Waals surface area contributed by atoms with Gasteiger partial charge in [0, 0.05) is 32.6 Å². The Balaban J connectivity index is 1.73. The lowest BCUT2D eigenvalue weighted by Crippen LogP contribution is -2.59. The molecule has 0 bridgehead atoms. The van der Waals surface area contributed by atoms with Crippen LogP contribution in [0.5, 0.6) is 5.75 Å². The zero-order chi connectivity index (χ0) is 18.0. The smallest absolute Gasteiger partial charge is 0.255 e. The van der Waals surface area contributed by atoms with E-state index in [1.165, 1.54) is 20.1 Å². The molecular formula is C17H21ClN4O3. The highest BCUT2D eigenvalue weighted by molar-refractivity contribution is 6.34. The molecule has 0 aromatic heterocycles. The van der Waals surface area contributed by atoms with E-state index in [2.05, 4.69) is 33.0 Å². The number of benzene rings is 1. The predicted octanol–water partition coefficient (Wildman–Crippen LogP) is 1.21. The molecule has 25 heavy (non-hydrogen) atoms. The standard InChI is InChI=1S/C17H21ClN4O3/c1-10(23)20-14-7-15(25-2)12(6-13(14)18)17(24)21-11-8-19-16-4-3-5-22(16)9-11/h3-4,6-7,11,16,19H,5,8-9H2,1-2H3,(H,20,23)(H,21,24). The summed E-state index contributed by atoms with van der Waals surface area (Å²) < 4.78 is 5.30. The van der Waals surface area contributed by atoms with Crippen LogP contribution in [0.25, 0.3) is 0 Å². The van der Waals surface area contributed by atoms with Crippen molar-refractivity contribution in [3.05, 3.63) is 34.9 Å². The largest absolute Gasteiger partial charge is 0.496 e. The first-order valence-corrected chi connectivity index (χ1v) is 8.46. The number of methoxy groups -OCH3 is 1. The fraction of sp³-hybridized carbons (Fsp3) is 0.412. The number of hydrogen-bond acceptors (Lipinski definition) is 5. The highest BCUT2D eigenvalue weighted by Crippen LogP contribution is 2.31. The molecule has 2 heterocycles.